The number of amides is 1. The van der Waals surface area contributed by atoms with Crippen molar-refractivity contribution in [1.29, 1.82) is 0 Å². The fourth-order valence-electron chi connectivity index (χ4n) is 2.95. The molecule has 0 bridgehead atoms. The second-order valence-corrected chi connectivity index (χ2v) is 6.78. The summed E-state index contributed by atoms with van der Waals surface area (Å²) in [6.45, 7) is 7.40. The molecule has 1 aliphatic carbocycles. The zero-order valence-electron chi connectivity index (χ0n) is 13.0. The third kappa shape index (κ3) is 2.71. The molecule has 0 unspecified atom stereocenters. The quantitative estimate of drug-likeness (QED) is 0.927. The molecule has 3 rings (SSSR count). The van der Waals surface area contributed by atoms with Crippen LogP contribution in [-0.2, 0) is 6.42 Å². The van der Waals surface area contributed by atoms with Crippen molar-refractivity contribution in [3.8, 4) is 11.5 Å². The lowest BCUT2D eigenvalue weighted by molar-refractivity contribution is 0.0751. The predicted molar refractivity (Wildman–Crippen MR) is 80.8 cm³/mol. The lowest BCUT2D eigenvalue weighted by Gasteiger charge is -2.22. The Hall–Kier alpha value is -1.71. The van der Waals surface area contributed by atoms with Gasteiger partial charge in [-0.2, -0.15) is 0 Å². The van der Waals surface area contributed by atoms with Gasteiger partial charge >= 0.3 is 0 Å². The van der Waals surface area contributed by atoms with Crippen LogP contribution in [0.25, 0.3) is 0 Å². The van der Waals surface area contributed by atoms with Crippen LogP contribution in [0.3, 0.4) is 0 Å². The Morgan fingerprint density at radius 3 is 2.76 bits per heavy atom. The van der Waals surface area contributed by atoms with Gasteiger partial charge in [0.1, 0.15) is 5.60 Å². The Bertz CT molecular complexity index is 576. The first-order valence-electron chi connectivity index (χ1n) is 7.74. The van der Waals surface area contributed by atoms with Gasteiger partial charge in [0.2, 0.25) is 0 Å². The van der Waals surface area contributed by atoms with Crippen molar-refractivity contribution in [2.24, 2.45) is 5.92 Å². The molecule has 1 N–H and O–H groups in total. The van der Waals surface area contributed by atoms with E-state index in [1.807, 2.05) is 31.7 Å². The molecule has 1 fully saturated rings. The Kier molecular flexibility index (Phi) is 3.34. The second-order valence-electron chi connectivity index (χ2n) is 6.78. The highest BCUT2D eigenvalue weighted by Gasteiger charge is 2.35. The van der Waals surface area contributed by atoms with E-state index >= 15 is 0 Å². The minimum atomic E-state index is -0.320. The first-order valence-corrected chi connectivity index (χ1v) is 7.74. The molecule has 1 heterocycles. The van der Waals surface area contributed by atoms with Crippen LogP contribution in [0.2, 0.25) is 0 Å². The van der Waals surface area contributed by atoms with Gasteiger partial charge in [-0.05, 0) is 45.6 Å². The largest absolute Gasteiger partial charge is 0.504 e. The van der Waals surface area contributed by atoms with Gasteiger partial charge in [0.15, 0.2) is 11.5 Å². The molecule has 1 aromatic rings. The van der Waals surface area contributed by atoms with Crippen LogP contribution in [0.1, 0.15) is 49.5 Å². The molecule has 0 saturated heterocycles. The molecule has 0 aromatic heterocycles. The Labute approximate surface area is 125 Å². The molecule has 4 nitrogen and oxygen atoms in total. The maximum absolute atomic E-state index is 12.6. The summed E-state index contributed by atoms with van der Waals surface area (Å²) in [4.78, 5) is 14.5. The number of phenols is 1. The van der Waals surface area contributed by atoms with Gasteiger partial charge in [0.05, 0.1) is 5.56 Å². The van der Waals surface area contributed by atoms with E-state index in [9.17, 15) is 9.90 Å². The molecular weight excluding hydrogens is 266 g/mol. The minimum Gasteiger partial charge on any atom is -0.504 e. The van der Waals surface area contributed by atoms with E-state index in [-0.39, 0.29) is 17.3 Å². The minimum absolute atomic E-state index is 0.00248. The Balaban J connectivity index is 1.87. The highest BCUT2D eigenvalue weighted by atomic mass is 16.5. The van der Waals surface area contributed by atoms with E-state index in [4.69, 9.17) is 4.74 Å². The maximum Gasteiger partial charge on any atom is 0.257 e. The van der Waals surface area contributed by atoms with Gasteiger partial charge in [-0.15, -0.1) is 0 Å². The van der Waals surface area contributed by atoms with E-state index in [2.05, 4.69) is 0 Å². The summed E-state index contributed by atoms with van der Waals surface area (Å²) in [7, 11) is 0. The molecule has 1 aromatic carbocycles. The van der Waals surface area contributed by atoms with Crippen LogP contribution in [0, 0.1) is 5.92 Å². The van der Waals surface area contributed by atoms with Crippen molar-refractivity contribution >= 4 is 5.91 Å². The molecule has 1 aliphatic heterocycles. The number of ether oxygens (including phenoxy) is 1. The third-order valence-electron chi connectivity index (χ3n) is 4.28. The van der Waals surface area contributed by atoms with Gasteiger partial charge in [-0.3, -0.25) is 4.79 Å². The SMILES string of the molecule is CCN(CC1CC1)C(=O)c1ccc2c(c1O)OC(C)(C)C2. The van der Waals surface area contributed by atoms with Crippen LogP contribution in [0.15, 0.2) is 12.1 Å². The van der Waals surface area contributed by atoms with Crippen molar-refractivity contribution in [1.82, 2.24) is 4.90 Å². The molecule has 21 heavy (non-hydrogen) atoms. The number of carbonyl (C=O) groups is 1. The molecule has 1 amide bonds. The molecule has 4 heteroatoms. The zero-order chi connectivity index (χ0) is 15.2. The van der Waals surface area contributed by atoms with Crippen molar-refractivity contribution in [3.63, 3.8) is 0 Å². The molecule has 0 spiro atoms. The van der Waals surface area contributed by atoms with Crippen molar-refractivity contribution in [2.45, 2.75) is 45.6 Å². The van der Waals surface area contributed by atoms with Crippen molar-refractivity contribution in [3.05, 3.63) is 23.3 Å². The highest BCUT2D eigenvalue weighted by Crippen LogP contribution is 2.43. The summed E-state index contributed by atoms with van der Waals surface area (Å²) in [6, 6.07) is 3.64. The molecule has 114 valence electrons. The maximum atomic E-state index is 12.6. The van der Waals surface area contributed by atoms with Crippen LogP contribution >= 0.6 is 0 Å². The van der Waals surface area contributed by atoms with Crippen molar-refractivity contribution < 1.29 is 14.6 Å². The summed E-state index contributed by atoms with van der Waals surface area (Å²) in [6.07, 6.45) is 3.17. The topological polar surface area (TPSA) is 49.8 Å². The van der Waals surface area contributed by atoms with Gasteiger partial charge in [-0.1, -0.05) is 6.07 Å². The Morgan fingerprint density at radius 2 is 2.14 bits per heavy atom. The number of aromatic hydroxyl groups is 1. The number of fused-ring (bicyclic) bond motifs is 1. The second kappa shape index (κ2) is 4.93. The summed E-state index contributed by atoms with van der Waals surface area (Å²) in [5.74, 6) is 1.02. The van der Waals surface area contributed by atoms with E-state index in [0.717, 1.165) is 18.5 Å². The first kappa shape index (κ1) is 14.2. The summed E-state index contributed by atoms with van der Waals surface area (Å²) in [5.41, 5.74) is 1.01. The van der Waals surface area contributed by atoms with Crippen LogP contribution in [-0.4, -0.2) is 34.6 Å². The van der Waals surface area contributed by atoms with Gasteiger partial charge in [0, 0.05) is 25.1 Å². The smallest absolute Gasteiger partial charge is 0.257 e. The number of phenolic OH excluding ortho intramolecular Hbond substituents is 1. The van der Waals surface area contributed by atoms with E-state index in [1.165, 1.54) is 12.8 Å². The molecule has 0 radical (unpaired) electrons. The van der Waals surface area contributed by atoms with Crippen molar-refractivity contribution in [2.75, 3.05) is 13.1 Å². The standard InChI is InChI=1S/C17H23NO3/c1-4-18(10-11-5-6-11)16(20)13-8-7-12-9-17(2,3)21-15(12)14(13)19/h7-8,11,19H,4-6,9-10H2,1-3H3. The number of nitrogens with zero attached hydrogens (tertiary/aromatic N) is 1. The first-order chi connectivity index (χ1) is 9.91. The highest BCUT2D eigenvalue weighted by molar-refractivity contribution is 5.98. The number of hydrogen-bond acceptors (Lipinski definition) is 3. The van der Waals surface area contributed by atoms with E-state index in [1.54, 1.807) is 6.07 Å². The number of rotatable bonds is 4. The zero-order valence-corrected chi connectivity index (χ0v) is 13.0. The summed E-state index contributed by atoms with van der Waals surface area (Å²) >= 11 is 0. The third-order valence-corrected chi connectivity index (χ3v) is 4.28. The van der Waals surface area contributed by atoms with Crippen LogP contribution < -0.4 is 4.74 Å². The van der Waals surface area contributed by atoms with E-state index < -0.39 is 0 Å². The van der Waals surface area contributed by atoms with Crippen LogP contribution in [0.4, 0.5) is 0 Å². The fraction of sp³-hybridized carbons (Fsp3) is 0.588. The monoisotopic (exact) mass is 289 g/mol. The average molecular weight is 289 g/mol. The lowest BCUT2D eigenvalue weighted by Crippen LogP contribution is -2.32. The number of hydrogen-bond donors (Lipinski definition) is 1. The van der Waals surface area contributed by atoms with Gasteiger partial charge in [-0.25, -0.2) is 0 Å². The summed E-state index contributed by atoms with van der Waals surface area (Å²) < 4.78 is 5.80. The molecular formula is C17H23NO3. The fourth-order valence-corrected chi connectivity index (χ4v) is 2.95. The van der Waals surface area contributed by atoms with E-state index in [0.29, 0.717) is 23.8 Å². The van der Waals surface area contributed by atoms with Gasteiger partial charge < -0.3 is 14.7 Å². The normalized spacial score (nSPS) is 19.0. The number of carbonyl (C=O) groups excluding carboxylic acids is 1. The molecule has 2 aliphatic rings. The number of benzene rings is 1. The average Bonchev–Trinajstić information content (AvgIpc) is 3.17. The summed E-state index contributed by atoms with van der Waals surface area (Å²) in [5, 5.41) is 10.4. The molecule has 0 atom stereocenters. The molecule has 1 saturated carbocycles. The van der Waals surface area contributed by atoms with Gasteiger partial charge in [0.25, 0.3) is 5.91 Å². The van der Waals surface area contributed by atoms with Crippen LogP contribution in [0.5, 0.6) is 11.5 Å². The predicted octanol–water partition coefficient (Wildman–Crippen LogP) is 2.98. The Morgan fingerprint density at radius 1 is 1.43 bits per heavy atom. The lowest BCUT2D eigenvalue weighted by atomic mass is 10.00.